The largest absolute Gasteiger partial charge is 0.360 e. The van der Waals surface area contributed by atoms with Gasteiger partial charge < -0.3 is 9.80 Å². The van der Waals surface area contributed by atoms with Gasteiger partial charge in [0, 0.05) is 17.3 Å². The third-order valence-corrected chi connectivity index (χ3v) is 4.95. The second kappa shape index (κ2) is 8.60. The van der Waals surface area contributed by atoms with Gasteiger partial charge in [0.05, 0.1) is 43.2 Å². The lowest BCUT2D eigenvalue weighted by molar-refractivity contribution is -0.894. The van der Waals surface area contributed by atoms with Gasteiger partial charge in [-0.1, -0.05) is 12.1 Å². The SMILES string of the molecule is CC(=O)c1ccc(N2CC[NH+](C/C=C/c3ccccc3[N+](=O)[O-])CC2)cc1. The van der Waals surface area contributed by atoms with Crippen LogP contribution in [0.4, 0.5) is 11.4 Å². The molecule has 1 heterocycles. The Hall–Kier alpha value is -2.99. The van der Waals surface area contributed by atoms with E-state index in [0.717, 1.165) is 44.0 Å². The second-order valence-electron chi connectivity index (χ2n) is 6.76. The van der Waals surface area contributed by atoms with Gasteiger partial charge in [-0.2, -0.15) is 0 Å². The van der Waals surface area contributed by atoms with Crippen LogP contribution in [0.1, 0.15) is 22.8 Å². The molecule has 1 saturated heterocycles. The van der Waals surface area contributed by atoms with Gasteiger partial charge in [-0.15, -0.1) is 0 Å². The molecule has 0 radical (unpaired) electrons. The second-order valence-corrected chi connectivity index (χ2v) is 6.76. The van der Waals surface area contributed by atoms with Crippen molar-refractivity contribution in [3.63, 3.8) is 0 Å². The summed E-state index contributed by atoms with van der Waals surface area (Å²) >= 11 is 0. The lowest BCUT2D eigenvalue weighted by Crippen LogP contribution is -3.14. The zero-order valence-corrected chi connectivity index (χ0v) is 15.4. The monoisotopic (exact) mass is 366 g/mol. The molecule has 6 heteroatoms. The first-order valence-corrected chi connectivity index (χ1v) is 9.14. The standard InChI is InChI=1S/C21H23N3O3/c1-17(25)18-8-10-20(11-9-18)23-15-13-22(14-16-23)12-4-6-19-5-2-3-7-21(19)24(26)27/h2-11H,12-16H2,1H3/p+1/b6-4+. The number of hydrogen-bond donors (Lipinski definition) is 1. The molecule has 1 fully saturated rings. The molecule has 0 atom stereocenters. The highest BCUT2D eigenvalue weighted by Gasteiger charge is 2.19. The van der Waals surface area contributed by atoms with Gasteiger partial charge in [0.15, 0.2) is 5.78 Å². The molecule has 0 unspecified atom stereocenters. The fourth-order valence-corrected chi connectivity index (χ4v) is 3.34. The van der Waals surface area contributed by atoms with Gasteiger partial charge >= 0.3 is 0 Å². The summed E-state index contributed by atoms with van der Waals surface area (Å²) in [6, 6.07) is 14.6. The maximum atomic E-state index is 11.4. The zero-order valence-electron chi connectivity index (χ0n) is 15.4. The van der Waals surface area contributed by atoms with Crippen LogP contribution in [-0.4, -0.2) is 43.4 Å². The Bertz CT molecular complexity index is 838. The van der Waals surface area contributed by atoms with E-state index in [1.807, 2.05) is 42.5 Å². The number of rotatable bonds is 6. The van der Waals surface area contributed by atoms with E-state index in [2.05, 4.69) is 4.90 Å². The van der Waals surface area contributed by atoms with Gasteiger partial charge in [-0.3, -0.25) is 14.9 Å². The number of benzene rings is 2. The predicted octanol–water partition coefficient (Wildman–Crippen LogP) is 2.22. The molecule has 0 bridgehead atoms. The molecule has 27 heavy (non-hydrogen) atoms. The highest BCUT2D eigenvalue weighted by Crippen LogP contribution is 2.18. The molecule has 0 amide bonds. The van der Waals surface area contributed by atoms with Gasteiger partial charge in [-0.25, -0.2) is 0 Å². The Balaban J connectivity index is 1.52. The summed E-state index contributed by atoms with van der Waals surface area (Å²) in [5, 5.41) is 11.1. The van der Waals surface area contributed by atoms with Crippen LogP contribution in [0.15, 0.2) is 54.6 Å². The number of quaternary nitrogens is 1. The third-order valence-electron chi connectivity index (χ3n) is 4.95. The van der Waals surface area contributed by atoms with E-state index in [-0.39, 0.29) is 16.4 Å². The Kier molecular flexibility index (Phi) is 5.98. The summed E-state index contributed by atoms with van der Waals surface area (Å²) in [5.74, 6) is 0.0845. The average molecular weight is 366 g/mol. The lowest BCUT2D eigenvalue weighted by Gasteiger charge is -2.33. The van der Waals surface area contributed by atoms with Crippen LogP contribution in [0.2, 0.25) is 0 Å². The molecular weight excluding hydrogens is 342 g/mol. The molecule has 1 aliphatic heterocycles. The maximum absolute atomic E-state index is 11.4. The Morgan fingerprint density at radius 2 is 1.81 bits per heavy atom. The number of Topliss-reactive ketones (excluding diaryl/α,β-unsaturated/α-hetero) is 1. The first-order chi connectivity index (χ1) is 13.0. The minimum Gasteiger partial charge on any atom is -0.360 e. The van der Waals surface area contributed by atoms with Gasteiger partial charge in [-0.05, 0) is 49.4 Å². The molecule has 0 spiro atoms. The summed E-state index contributed by atoms with van der Waals surface area (Å²) in [4.78, 5) is 25.9. The van der Waals surface area contributed by atoms with Crippen molar-refractivity contribution in [2.75, 3.05) is 37.6 Å². The Labute approximate surface area is 158 Å². The minimum absolute atomic E-state index is 0.0845. The highest BCUT2D eigenvalue weighted by atomic mass is 16.6. The van der Waals surface area contributed by atoms with Crippen LogP contribution < -0.4 is 9.80 Å². The van der Waals surface area contributed by atoms with Crippen LogP contribution in [0, 0.1) is 10.1 Å². The zero-order chi connectivity index (χ0) is 19.2. The van der Waals surface area contributed by atoms with Crippen LogP contribution >= 0.6 is 0 Å². The number of anilines is 1. The van der Waals surface area contributed by atoms with Crippen molar-refractivity contribution in [3.05, 3.63) is 75.8 Å². The predicted molar refractivity (Wildman–Crippen MR) is 106 cm³/mol. The maximum Gasteiger partial charge on any atom is 0.276 e. The summed E-state index contributed by atoms with van der Waals surface area (Å²) in [6.45, 7) is 6.35. The number of carbonyl (C=O) groups is 1. The van der Waals surface area contributed by atoms with Crippen molar-refractivity contribution < 1.29 is 14.6 Å². The van der Waals surface area contributed by atoms with Crippen LogP contribution in [0.3, 0.4) is 0 Å². The van der Waals surface area contributed by atoms with Crippen molar-refractivity contribution in [2.45, 2.75) is 6.92 Å². The van der Waals surface area contributed by atoms with Gasteiger partial charge in [0.1, 0.15) is 0 Å². The molecule has 1 aliphatic rings. The molecular formula is C21H24N3O3+. The number of carbonyl (C=O) groups excluding carboxylic acids is 1. The fourth-order valence-electron chi connectivity index (χ4n) is 3.34. The molecule has 0 aliphatic carbocycles. The minimum atomic E-state index is -0.345. The van der Waals surface area contributed by atoms with Crippen molar-refractivity contribution in [1.29, 1.82) is 0 Å². The smallest absolute Gasteiger partial charge is 0.276 e. The summed E-state index contributed by atoms with van der Waals surface area (Å²) in [6.07, 6.45) is 3.87. The molecule has 1 N–H and O–H groups in total. The van der Waals surface area contributed by atoms with Crippen LogP contribution in [0.25, 0.3) is 6.08 Å². The van der Waals surface area contributed by atoms with E-state index in [1.54, 1.807) is 19.1 Å². The van der Waals surface area contributed by atoms with Gasteiger partial charge in [0.25, 0.3) is 5.69 Å². The van der Waals surface area contributed by atoms with Gasteiger partial charge in [0.2, 0.25) is 0 Å². The number of piperazine rings is 1. The molecule has 140 valence electrons. The van der Waals surface area contributed by atoms with E-state index in [4.69, 9.17) is 0 Å². The molecule has 6 nitrogen and oxygen atoms in total. The average Bonchev–Trinajstić information content (AvgIpc) is 2.69. The number of ketones is 1. The normalized spacial score (nSPS) is 15.2. The van der Waals surface area contributed by atoms with E-state index < -0.39 is 0 Å². The molecule has 0 aromatic heterocycles. The number of nitro groups is 1. The summed E-state index contributed by atoms with van der Waals surface area (Å²) in [7, 11) is 0. The van der Waals surface area contributed by atoms with Crippen molar-refractivity contribution in [2.24, 2.45) is 0 Å². The van der Waals surface area contributed by atoms with Crippen molar-refractivity contribution in [3.8, 4) is 0 Å². The van der Waals surface area contributed by atoms with Crippen LogP contribution in [-0.2, 0) is 0 Å². The van der Waals surface area contributed by atoms with Crippen molar-refractivity contribution in [1.82, 2.24) is 0 Å². The number of nitro benzene ring substituents is 1. The number of para-hydroxylation sites is 1. The molecule has 0 saturated carbocycles. The Morgan fingerprint density at radius 1 is 1.15 bits per heavy atom. The number of nitrogens with one attached hydrogen (secondary N) is 1. The topological polar surface area (TPSA) is 67.9 Å². The van der Waals surface area contributed by atoms with Crippen LogP contribution in [0.5, 0.6) is 0 Å². The lowest BCUT2D eigenvalue weighted by atomic mass is 10.1. The number of hydrogen-bond acceptors (Lipinski definition) is 4. The fraction of sp³-hybridized carbons (Fsp3) is 0.286. The van der Waals surface area contributed by atoms with Crippen molar-refractivity contribution >= 4 is 23.2 Å². The van der Waals surface area contributed by atoms with E-state index >= 15 is 0 Å². The number of nitrogens with zero attached hydrogens (tertiary/aromatic N) is 2. The summed E-state index contributed by atoms with van der Waals surface area (Å²) < 4.78 is 0. The molecule has 2 aromatic rings. The van der Waals surface area contributed by atoms with E-state index in [9.17, 15) is 14.9 Å². The highest BCUT2D eigenvalue weighted by molar-refractivity contribution is 5.94. The quantitative estimate of drug-likeness (QED) is 0.484. The first-order valence-electron chi connectivity index (χ1n) is 9.14. The molecule has 3 rings (SSSR count). The van der Waals surface area contributed by atoms with E-state index in [1.165, 1.54) is 11.0 Å². The Morgan fingerprint density at radius 3 is 2.44 bits per heavy atom. The third kappa shape index (κ3) is 4.80. The summed E-state index contributed by atoms with van der Waals surface area (Å²) in [5.41, 5.74) is 2.67. The molecule has 2 aromatic carbocycles. The van der Waals surface area contributed by atoms with E-state index in [0.29, 0.717) is 5.56 Å². The first kappa shape index (κ1) is 18.8.